The lowest BCUT2D eigenvalue weighted by molar-refractivity contribution is -0.148. The van der Waals surface area contributed by atoms with Crippen LogP contribution in [0.15, 0.2) is 48.5 Å². The van der Waals surface area contributed by atoms with Gasteiger partial charge in [-0.25, -0.2) is 14.4 Å². The van der Waals surface area contributed by atoms with Crippen LogP contribution in [0.25, 0.3) is 0 Å². The van der Waals surface area contributed by atoms with Gasteiger partial charge < -0.3 is 34.2 Å². The molecule has 4 atom stereocenters. The fraction of sp³-hybridized carbons (Fsp3) is 0.500. The van der Waals surface area contributed by atoms with Crippen molar-refractivity contribution in [2.24, 2.45) is 17.6 Å². The van der Waals surface area contributed by atoms with E-state index in [0.717, 1.165) is 0 Å². The summed E-state index contributed by atoms with van der Waals surface area (Å²) in [5.41, 5.74) is 5.70. The summed E-state index contributed by atoms with van der Waals surface area (Å²) < 4.78 is 31.9. The Kier molecular flexibility index (Phi) is 13.0. The fourth-order valence-corrected chi connectivity index (χ4v) is 3.80. The molecule has 2 aromatic carbocycles. The second kappa shape index (κ2) is 15.9. The van der Waals surface area contributed by atoms with Gasteiger partial charge in [0.15, 0.2) is 11.5 Å². The minimum atomic E-state index is -1.64. The van der Waals surface area contributed by atoms with Crippen LogP contribution < -0.4 is 15.2 Å². The standard InChI is InChI=1S/C32H43NO10/c1-19(2)22(6)40-30(36)42-26-15-14-24(16-27(26)43-31(37)41-23(7)20(3)4)18-32(33,29(35)38-8)17-21(5)39-28(34)25-12-10-9-11-13-25/h9-16,19-23H,17-18,33H2,1-8H3/t21-,22?,23?,32?/m0/s1. The van der Waals surface area contributed by atoms with Crippen molar-refractivity contribution in [2.75, 3.05) is 7.11 Å². The molecule has 0 aliphatic carbocycles. The lowest BCUT2D eigenvalue weighted by Gasteiger charge is -2.29. The summed E-state index contributed by atoms with van der Waals surface area (Å²) >= 11 is 0. The zero-order valence-electron chi connectivity index (χ0n) is 26.1. The highest BCUT2D eigenvalue weighted by Gasteiger charge is 2.38. The number of ether oxygens (including phenoxy) is 6. The van der Waals surface area contributed by atoms with E-state index in [1.54, 1.807) is 57.2 Å². The van der Waals surface area contributed by atoms with Crippen molar-refractivity contribution in [1.29, 1.82) is 0 Å². The molecule has 0 radical (unpaired) electrons. The van der Waals surface area contributed by atoms with Crippen molar-refractivity contribution in [1.82, 2.24) is 0 Å². The zero-order valence-corrected chi connectivity index (χ0v) is 26.1. The Bertz CT molecular complexity index is 1250. The van der Waals surface area contributed by atoms with Crippen LogP contribution >= 0.6 is 0 Å². The predicted octanol–water partition coefficient (Wildman–Crippen LogP) is 5.86. The van der Waals surface area contributed by atoms with E-state index in [0.29, 0.717) is 11.1 Å². The van der Waals surface area contributed by atoms with Gasteiger partial charge in [0, 0.05) is 12.8 Å². The molecule has 0 saturated carbocycles. The number of esters is 2. The molecule has 2 N–H and O–H groups in total. The third-order valence-corrected chi connectivity index (χ3v) is 6.92. The largest absolute Gasteiger partial charge is 0.514 e. The Morgan fingerprint density at radius 3 is 1.79 bits per heavy atom. The van der Waals surface area contributed by atoms with Gasteiger partial charge in [-0.05, 0) is 62.4 Å². The average Bonchev–Trinajstić information content (AvgIpc) is 2.93. The summed E-state index contributed by atoms with van der Waals surface area (Å²) in [4.78, 5) is 50.4. The maximum atomic E-state index is 12.9. The van der Waals surface area contributed by atoms with E-state index in [2.05, 4.69) is 0 Å². The second-order valence-corrected chi connectivity index (χ2v) is 11.2. The highest BCUT2D eigenvalue weighted by molar-refractivity contribution is 5.89. The van der Waals surface area contributed by atoms with Gasteiger partial charge in [0.2, 0.25) is 0 Å². The minimum Gasteiger partial charge on any atom is -0.468 e. The van der Waals surface area contributed by atoms with Crippen LogP contribution in [-0.2, 0) is 30.2 Å². The lowest BCUT2D eigenvalue weighted by Crippen LogP contribution is -2.53. The Morgan fingerprint density at radius 1 is 0.744 bits per heavy atom. The van der Waals surface area contributed by atoms with Crippen LogP contribution in [0.3, 0.4) is 0 Å². The van der Waals surface area contributed by atoms with Crippen LogP contribution in [0.1, 0.15) is 70.8 Å². The molecule has 0 amide bonds. The van der Waals surface area contributed by atoms with E-state index < -0.39 is 48.1 Å². The number of hydrogen-bond donors (Lipinski definition) is 1. The Balaban J connectivity index is 2.33. The van der Waals surface area contributed by atoms with Gasteiger partial charge in [0.05, 0.1) is 12.7 Å². The second-order valence-electron chi connectivity index (χ2n) is 11.2. The van der Waals surface area contributed by atoms with Gasteiger partial charge in [0.1, 0.15) is 23.9 Å². The fourth-order valence-electron chi connectivity index (χ4n) is 3.80. The molecule has 3 unspecified atom stereocenters. The first-order valence-corrected chi connectivity index (χ1v) is 14.2. The SMILES string of the molecule is COC(=O)C(N)(Cc1ccc(OC(=O)OC(C)C(C)C)c(OC(=O)OC(C)C(C)C)c1)C[C@H](C)OC(=O)c1ccccc1. The molecule has 11 heteroatoms. The summed E-state index contributed by atoms with van der Waals surface area (Å²) in [7, 11) is 1.20. The van der Waals surface area contributed by atoms with Crippen molar-refractivity contribution < 1.29 is 47.6 Å². The van der Waals surface area contributed by atoms with E-state index in [1.807, 2.05) is 27.7 Å². The molecule has 2 rings (SSSR count). The molecular weight excluding hydrogens is 558 g/mol. The van der Waals surface area contributed by atoms with Crippen LogP contribution in [-0.4, -0.2) is 55.2 Å². The van der Waals surface area contributed by atoms with Gasteiger partial charge in [-0.15, -0.1) is 0 Å². The summed E-state index contributed by atoms with van der Waals surface area (Å²) in [5.74, 6) is -1.49. The highest BCUT2D eigenvalue weighted by Crippen LogP contribution is 2.32. The first-order chi connectivity index (χ1) is 20.1. The first-order valence-electron chi connectivity index (χ1n) is 14.2. The quantitative estimate of drug-likeness (QED) is 0.167. The molecule has 0 aromatic heterocycles. The van der Waals surface area contributed by atoms with Crippen LogP contribution in [0.2, 0.25) is 0 Å². The topological polar surface area (TPSA) is 150 Å². The summed E-state index contributed by atoms with van der Waals surface area (Å²) in [6, 6.07) is 12.8. The number of carbonyl (C=O) groups is 4. The van der Waals surface area contributed by atoms with Gasteiger partial charge in [-0.3, -0.25) is 4.79 Å². The van der Waals surface area contributed by atoms with E-state index in [-0.39, 0.29) is 36.2 Å². The Morgan fingerprint density at radius 2 is 1.28 bits per heavy atom. The molecule has 0 saturated heterocycles. The number of methoxy groups -OCH3 is 1. The molecular formula is C32H43NO10. The summed E-state index contributed by atoms with van der Waals surface area (Å²) in [5, 5.41) is 0. The number of benzene rings is 2. The van der Waals surface area contributed by atoms with Crippen molar-refractivity contribution in [3.05, 3.63) is 59.7 Å². The smallest absolute Gasteiger partial charge is 0.468 e. The molecule has 0 heterocycles. The number of hydrogen-bond acceptors (Lipinski definition) is 11. The predicted molar refractivity (Wildman–Crippen MR) is 158 cm³/mol. The van der Waals surface area contributed by atoms with Crippen LogP contribution in [0, 0.1) is 11.8 Å². The van der Waals surface area contributed by atoms with Gasteiger partial charge in [0.25, 0.3) is 0 Å². The minimum absolute atomic E-state index is 0.0259. The first kappa shape index (κ1) is 35.1. The molecule has 0 bridgehead atoms. The third-order valence-electron chi connectivity index (χ3n) is 6.92. The summed E-state index contributed by atoms with van der Waals surface area (Å²) in [6.07, 6.45) is -3.83. The van der Waals surface area contributed by atoms with Crippen LogP contribution in [0.4, 0.5) is 9.59 Å². The van der Waals surface area contributed by atoms with Crippen molar-refractivity contribution in [2.45, 2.75) is 85.2 Å². The van der Waals surface area contributed by atoms with E-state index in [9.17, 15) is 19.2 Å². The maximum absolute atomic E-state index is 12.9. The molecule has 0 aliphatic rings. The highest BCUT2D eigenvalue weighted by atomic mass is 16.8. The van der Waals surface area contributed by atoms with Gasteiger partial charge >= 0.3 is 24.2 Å². The lowest BCUT2D eigenvalue weighted by atomic mass is 9.86. The monoisotopic (exact) mass is 601 g/mol. The number of rotatable bonds is 13. The maximum Gasteiger partial charge on any atom is 0.514 e. The number of carbonyl (C=O) groups excluding carboxylic acids is 4. The van der Waals surface area contributed by atoms with E-state index in [1.165, 1.54) is 19.2 Å². The van der Waals surface area contributed by atoms with Crippen molar-refractivity contribution >= 4 is 24.2 Å². The van der Waals surface area contributed by atoms with Crippen molar-refractivity contribution in [3.8, 4) is 11.5 Å². The summed E-state index contributed by atoms with van der Waals surface area (Å²) in [6.45, 7) is 12.6. The molecule has 0 fully saturated rings. The Hall–Kier alpha value is -4.12. The normalized spacial score (nSPS) is 14.6. The molecule has 236 valence electrons. The molecule has 0 spiro atoms. The van der Waals surface area contributed by atoms with E-state index >= 15 is 0 Å². The molecule has 11 nitrogen and oxygen atoms in total. The Labute approximate surface area is 252 Å². The van der Waals surface area contributed by atoms with Gasteiger partial charge in [-0.2, -0.15) is 0 Å². The van der Waals surface area contributed by atoms with Crippen molar-refractivity contribution in [3.63, 3.8) is 0 Å². The molecule has 0 aliphatic heterocycles. The van der Waals surface area contributed by atoms with Gasteiger partial charge in [-0.1, -0.05) is 52.0 Å². The zero-order chi connectivity index (χ0) is 32.3. The number of nitrogens with two attached hydrogens (primary N) is 1. The molecule has 43 heavy (non-hydrogen) atoms. The van der Waals surface area contributed by atoms with E-state index in [4.69, 9.17) is 34.2 Å². The third kappa shape index (κ3) is 10.9. The molecule has 2 aromatic rings. The average molecular weight is 602 g/mol. The van der Waals surface area contributed by atoms with Crippen LogP contribution in [0.5, 0.6) is 11.5 Å².